The minimum absolute atomic E-state index is 0.0284. The van der Waals surface area contributed by atoms with E-state index in [1.54, 1.807) is 11.3 Å². The van der Waals surface area contributed by atoms with Crippen LogP contribution in [0.25, 0.3) is 0 Å². The number of rotatable bonds is 5. The highest BCUT2D eigenvalue weighted by Gasteiger charge is 2.54. The maximum atomic E-state index is 13.0. The molecule has 23 heavy (non-hydrogen) atoms. The molecule has 1 spiro atoms. The molecule has 3 amide bonds. The Morgan fingerprint density at radius 3 is 2.91 bits per heavy atom. The number of urea groups is 1. The summed E-state index contributed by atoms with van der Waals surface area (Å²) in [6.07, 6.45) is 3.93. The van der Waals surface area contributed by atoms with Crippen molar-refractivity contribution in [1.29, 1.82) is 0 Å². The first-order valence-electron chi connectivity index (χ1n) is 8.45. The molecule has 5 nitrogen and oxygen atoms in total. The molecule has 0 radical (unpaired) electrons. The van der Waals surface area contributed by atoms with Crippen molar-refractivity contribution in [2.75, 3.05) is 13.2 Å². The molecular weight excluding hydrogens is 310 g/mol. The van der Waals surface area contributed by atoms with Gasteiger partial charge in [0.15, 0.2) is 0 Å². The van der Waals surface area contributed by atoms with Crippen LogP contribution in [0.3, 0.4) is 0 Å². The van der Waals surface area contributed by atoms with Crippen molar-refractivity contribution in [3.05, 3.63) is 22.4 Å². The summed E-state index contributed by atoms with van der Waals surface area (Å²) in [5.74, 6) is 0.185. The van der Waals surface area contributed by atoms with Gasteiger partial charge in [-0.15, -0.1) is 11.3 Å². The molecule has 1 aromatic heterocycles. The molecule has 2 atom stereocenters. The second-order valence-corrected chi connectivity index (χ2v) is 7.68. The molecule has 1 aromatic rings. The predicted octanol–water partition coefficient (Wildman–Crippen LogP) is 3.03. The van der Waals surface area contributed by atoms with E-state index in [-0.39, 0.29) is 17.9 Å². The number of carbonyl (C=O) groups is 2. The lowest BCUT2D eigenvalue weighted by Gasteiger charge is -2.37. The molecule has 1 saturated carbocycles. The molecule has 1 aliphatic heterocycles. The van der Waals surface area contributed by atoms with Crippen molar-refractivity contribution < 1.29 is 9.59 Å². The number of amides is 3. The summed E-state index contributed by atoms with van der Waals surface area (Å²) in [7, 11) is 0. The molecule has 0 unspecified atom stereocenters. The SMILES string of the molecule is CCN(Cc1cccs1)CN1C(=O)N[C@]2(CCCC[C@H]2C)C1=O. The topological polar surface area (TPSA) is 52.6 Å². The van der Waals surface area contributed by atoms with Crippen molar-refractivity contribution in [3.8, 4) is 0 Å². The van der Waals surface area contributed by atoms with Gasteiger partial charge in [0.05, 0.1) is 6.67 Å². The maximum Gasteiger partial charge on any atom is 0.326 e. The van der Waals surface area contributed by atoms with Gasteiger partial charge in [0.25, 0.3) is 5.91 Å². The van der Waals surface area contributed by atoms with Crippen LogP contribution in [0.4, 0.5) is 4.79 Å². The van der Waals surface area contributed by atoms with E-state index in [1.807, 2.05) is 6.07 Å². The monoisotopic (exact) mass is 335 g/mol. The molecule has 0 bridgehead atoms. The van der Waals surface area contributed by atoms with Gasteiger partial charge in [-0.3, -0.25) is 9.69 Å². The van der Waals surface area contributed by atoms with Crippen molar-refractivity contribution in [2.45, 2.75) is 51.6 Å². The fraction of sp³-hybridized carbons (Fsp3) is 0.647. The minimum atomic E-state index is -0.655. The number of imide groups is 1. The Kier molecular flexibility index (Phi) is 4.73. The normalized spacial score (nSPS) is 28.0. The number of nitrogens with one attached hydrogen (secondary N) is 1. The zero-order valence-electron chi connectivity index (χ0n) is 13.9. The lowest BCUT2D eigenvalue weighted by atomic mass is 9.73. The number of thiophene rings is 1. The van der Waals surface area contributed by atoms with Crippen LogP contribution in [0.15, 0.2) is 17.5 Å². The zero-order valence-corrected chi connectivity index (χ0v) is 14.7. The Bertz CT molecular complexity index is 574. The zero-order chi connectivity index (χ0) is 16.4. The first-order chi connectivity index (χ1) is 11.1. The highest BCUT2D eigenvalue weighted by molar-refractivity contribution is 7.09. The second kappa shape index (κ2) is 6.61. The highest BCUT2D eigenvalue weighted by atomic mass is 32.1. The van der Waals surface area contributed by atoms with Gasteiger partial charge in [-0.05, 0) is 36.8 Å². The first-order valence-corrected chi connectivity index (χ1v) is 9.33. The second-order valence-electron chi connectivity index (χ2n) is 6.65. The Hall–Kier alpha value is -1.40. The predicted molar refractivity (Wildman–Crippen MR) is 91.0 cm³/mol. The van der Waals surface area contributed by atoms with Gasteiger partial charge in [0.1, 0.15) is 5.54 Å². The largest absolute Gasteiger partial charge is 0.326 e. The third-order valence-corrected chi connectivity index (χ3v) is 6.11. The van der Waals surface area contributed by atoms with E-state index in [9.17, 15) is 9.59 Å². The molecule has 126 valence electrons. The molecule has 6 heteroatoms. The summed E-state index contributed by atoms with van der Waals surface area (Å²) in [4.78, 5) is 30.2. The van der Waals surface area contributed by atoms with Crippen LogP contribution in [-0.2, 0) is 11.3 Å². The van der Waals surface area contributed by atoms with Gasteiger partial charge in [0.2, 0.25) is 0 Å². The lowest BCUT2D eigenvalue weighted by molar-refractivity contribution is -0.135. The van der Waals surface area contributed by atoms with Crippen LogP contribution in [0.2, 0.25) is 0 Å². The fourth-order valence-corrected chi connectivity index (χ4v) is 4.45. The van der Waals surface area contributed by atoms with Crippen molar-refractivity contribution in [3.63, 3.8) is 0 Å². The van der Waals surface area contributed by atoms with Gasteiger partial charge < -0.3 is 5.32 Å². The van der Waals surface area contributed by atoms with Gasteiger partial charge in [0, 0.05) is 11.4 Å². The Morgan fingerprint density at radius 2 is 2.26 bits per heavy atom. The van der Waals surface area contributed by atoms with E-state index in [0.29, 0.717) is 6.67 Å². The quantitative estimate of drug-likeness (QED) is 0.842. The van der Waals surface area contributed by atoms with Crippen LogP contribution in [0, 0.1) is 5.92 Å². The van der Waals surface area contributed by atoms with E-state index in [0.717, 1.165) is 38.8 Å². The maximum absolute atomic E-state index is 13.0. The lowest BCUT2D eigenvalue weighted by Crippen LogP contribution is -2.54. The van der Waals surface area contributed by atoms with E-state index in [2.05, 4.69) is 35.5 Å². The van der Waals surface area contributed by atoms with Crippen LogP contribution in [0.5, 0.6) is 0 Å². The summed E-state index contributed by atoms with van der Waals surface area (Å²) in [6, 6.07) is 3.89. The van der Waals surface area contributed by atoms with Gasteiger partial charge in [-0.25, -0.2) is 9.69 Å². The average Bonchev–Trinajstić information content (AvgIpc) is 3.12. The smallest absolute Gasteiger partial charge is 0.323 e. The molecule has 1 N–H and O–H groups in total. The van der Waals surface area contributed by atoms with E-state index < -0.39 is 5.54 Å². The highest BCUT2D eigenvalue weighted by Crippen LogP contribution is 2.38. The van der Waals surface area contributed by atoms with Crippen LogP contribution < -0.4 is 5.32 Å². The first kappa shape index (κ1) is 16.5. The summed E-state index contributed by atoms with van der Waals surface area (Å²) in [5.41, 5.74) is -0.655. The number of hydrogen-bond donors (Lipinski definition) is 1. The summed E-state index contributed by atoms with van der Waals surface area (Å²) >= 11 is 1.70. The van der Waals surface area contributed by atoms with Crippen molar-refractivity contribution in [1.82, 2.24) is 15.1 Å². The van der Waals surface area contributed by atoms with Gasteiger partial charge >= 0.3 is 6.03 Å². The average molecular weight is 335 g/mol. The van der Waals surface area contributed by atoms with Gasteiger partial charge in [-0.1, -0.05) is 32.8 Å². The Balaban J connectivity index is 1.72. The van der Waals surface area contributed by atoms with Crippen LogP contribution in [0.1, 0.15) is 44.4 Å². The van der Waals surface area contributed by atoms with E-state index in [1.165, 1.54) is 9.78 Å². The standard InChI is InChI=1S/C17H25N3O2S/c1-3-19(11-14-8-6-10-23-14)12-20-15(21)17(18-16(20)22)9-5-4-7-13(17)2/h6,8,10,13H,3-5,7,9,11-12H2,1-2H3,(H,18,22)/t13-,17+/m1/s1. The number of hydrogen-bond acceptors (Lipinski definition) is 4. The summed E-state index contributed by atoms with van der Waals surface area (Å²) < 4.78 is 0. The number of carbonyl (C=O) groups excluding carboxylic acids is 2. The summed E-state index contributed by atoms with van der Waals surface area (Å²) in [6.45, 7) is 6.09. The van der Waals surface area contributed by atoms with E-state index in [4.69, 9.17) is 0 Å². The Labute approximate surface area is 141 Å². The minimum Gasteiger partial charge on any atom is -0.323 e. The van der Waals surface area contributed by atoms with E-state index >= 15 is 0 Å². The molecular formula is C17H25N3O2S. The number of nitrogens with zero attached hydrogens (tertiary/aromatic N) is 2. The van der Waals surface area contributed by atoms with Crippen LogP contribution in [-0.4, -0.2) is 40.5 Å². The molecule has 0 aromatic carbocycles. The third kappa shape index (κ3) is 3.02. The molecule has 2 aliphatic rings. The molecule has 1 saturated heterocycles. The fourth-order valence-electron chi connectivity index (χ4n) is 3.71. The molecule has 2 fully saturated rings. The van der Waals surface area contributed by atoms with Gasteiger partial charge in [-0.2, -0.15) is 0 Å². The molecule has 3 rings (SSSR count). The summed E-state index contributed by atoms with van der Waals surface area (Å²) in [5, 5.41) is 5.07. The third-order valence-electron chi connectivity index (χ3n) is 5.25. The Morgan fingerprint density at radius 1 is 1.43 bits per heavy atom. The molecule has 2 heterocycles. The van der Waals surface area contributed by atoms with Crippen LogP contribution >= 0.6 is 11.3 Å². The van der Waals surface area contributed by atoms with Crippen molar-refractivity contribution >= 4 is 23.3 Å². The molecule has 1 aliphatic carbocycles. The van der Waals surface area contributed by atoms with Crippen molar-refractivity contribution in [2.24, 2.45) is 5.92 Å².